The van der Waals surface area contributed by atoms with Crippen LogP contribution in [0.5, 0.6) is 0 Å². The van der Waals surface area contributed by atoms with Gasteiger partial charge in [0.1, 0.15) is 0 Å². The molecule has 2 amide bonds. The summed E-state index contributed by atoms with van der Waals surface area (Å²) in [7, 11) is 0. The highest BCUT2D eigenvalue weighted by molar-refractivity contribution is 5.71. The fourth-order valence-electron chi connectivity index (χ4n) is 1.78. The van der Waals surface area contributed by atoms with Crippen LogP contribution in [0.25, 0.3) is 0 Å². The zero-order valence-electron chi connectivity index (χ0n) is 6.97. The van der Waals surface area contributed by atoms with Crippen LogP contribution in [-0.2, 0) is 0 Å². The number of amides is 2. The van der Waals surface area contributed by atoms with E-state index in [9.17, 15) is 4.79 Å². The molecule has 1 aliphatic rings. The van der Waals surface area contributed by atoms with E-state index >= 15 is 0 Å². The molecule has 3 N–H and O–H groups in total. The molecular weight excluding hydrogens is 140 g/mol. The Labute approximate surface area is 67.3 Å². The van der Waals surface area contributed by atoms with Crippen LogP contribution in [0.15, 0.2) is 0 Å². The van der Waals surface area contributed by atoms with Crippen LogP contribution in [0.4, 0.5) is 4.79 Å². The van der Waals surface area contributed by atoms with Crippen molar-refractivity contribution >= 4 is 6.03 Å². The first-order valence-corrected chi connectivity index (χ1v) is 4.28. The minimum atomic E-state index is -0.383. The average Bonchev–Trinajstić information content (AvgIpc) is 2.34. The third kappa shape index (κ3) is 2.41. The Morgan fingerprint density at radius 3 is 2.82 bits per heavy atom. The lowest BCUT2D eigenvalue weighted by Gasteiger charge is -2.09. The van der Waals surface area contributed by atoms with E-state index in [0.717, 1.165) is 18.8 Å². The van der Waals surface area contributed by atoms with Gasteiger partial charge in [-0.15, -0.1) is 0 Å². The highest BCUT2D eigenvalue weighted by atomic mass is 16.2. The van der Waals surface area contributed by atoms with E-state index in [2.05, 4.69) is 12.2 Å². The van der Waals surface area contributed by atoms with Gasteiger partial charge in [-0.3, -0.25) is 0 Å². The molecule has 0 saturated heterocycles. The molecule has 0 aliphatic heterocycles. The van der Waals surface area contributed by atoms with Crippen LogP contribution in [0, 0.1) is 5.92 Å². The first kappa shape index (κ1) is 8.37. The van der Waals surface area contributed by atoms with Crippen LogP contribution in [0.1, 0.15) is 32.6 Å². The Morgan fingerprint density at radius 1 is 1.64 bits per heavy atom. The van der Waals surface area contributed by atoms with Gasteiger partial charge in [0.05, 0.1) is 0 Å². The monoisotopic (exact) mass is 156 g/mol. The van der Waals surface area contributed by atoms with E-state index < -0.39 is 0 Å². The molecule has 1 saturated carbocycles. The average molecular weight is 156 g/mol. The molecule has 0 aromatic rings. The van der Waals surface area contributed by atoms with E-state index in [0.29, 0.717) is 6.04 Å². The summed E-state index contributed by atoms with van der Waals surface area (Å²) in [6.45, 7) is 2.19. The van der Waals surface area contributed by atoms with Gasteiger partial charge in [-0.05, 0) is 25.2 Å². The quantitative estimate of drug-likeness (QED) is 0.620. The second-order valence-corrected chi connectivity index (χ2v) is 3.29. The number of primary amides is 1. The maximum atomic E-state index is 10.5. The molecule has 3 heteroatoms. The van der Waals surface area contributed by atoms with Crippen LogP contribution in [0.2, 0.25) is 0 Å². The second-order valence-electron chi connectivity index (χ2n) is 3.29. The molecule has 0 bridgehead atoms. The molecule has 1 rings (SSSR count). The van der Waals surface area contributed by atoms with Crippen LogP contribution >= 0.6 is 0 Å². The zero-order chi connectivity index (χ0) is 8.27. The van der Waals surface area contributed by atoms with Crippen molar-refractivity contribution in [1.82, 2.24) is 5.32 Å². The number of hydrogen-bond acceptors (Lipinski definition) is 1. The summed E-state index contributed by atoms with van der Waals surface area (Å²) >= 11 is 0. The summed E-state index contributed by atoms with van der Waals surface area (Å²) in [6, 6.07) is -0.0378. The Balaban J connectivity index is 2.24. The van der Waals surface area contributed by atoms with Gasteiger partial charge < -0.3 is 11.1 Å². The minimum absolute atomic E-state index is 0.345. The molecule has 0 aromatic heterocycles. The lowest BCUT2D eigenvalue weighted by molar-refractivity contribution is 0.245. The fraction of sp³-hybridized carbons (Fsp3) is 0.875. The second kappa shape index (κ2) is 3.60. The Morgan fingerprint density at radius 2 is 2.36 bits per heavy atom. The summed E-state index contributed by atoms with van der Waals surface area (Å²) in [5.41, 5.74) is 5.01. The van der Waals surface area contributed by atoms with E-state index in [4.69, 9.17) is 5.73 Å². The lowest BCUT2D eigenvalue weighted by atomic mass is 10.1. The van der Waals surface area contributed by atoms with Crippen molar-refractivity contribution in [3.63, 3.8) is 0 Å². The number of carbonyl (C=O) groups excluding carboxylic acids is 1. The van der Waals surface area contributed by atoms with Gasteiger partial charge in [0.15, 0.2) is 0 Å². The third-order valence-corrected chi connectivity index (χ3v) is 2.46. The van der Waals surface area contributed by atoms with Crippen LogP contribution in [0.3, 0.4) is 0 Å². The van der Waals surface area contributed by atoms with Gasteiger partial charge in [-0.2, -0.15) is 0 Å². The molecule has 64 valence electrons. The van der Waals surface area contributed by atoms with Gasteiger partial charge in [-0.25, -0.2) is 4.79 Å². The zero-order valence-corrected chi connectivity index (χ0v) is 6.97. The van der Waals surface area contributed by atoms with Crippen molar-refractivity contribution < 1.29 is 4.79 Å². The van der Waals surface area contributed by atoms with Crippen molar-refractivity contribution in [1.29, 1.82) is 0 Å². The highest BCUT2D eigenvalue weighted by Gasteiger charge is 2.23. The van der Waals surface area contributed by atoms with Gasteiger partial charge in [-0.1, -0.05) is 13.3 Å². The molecule has 0 heterocycles. The van der Waals surface area contributed by atoms with E-state index in [-0.39, 0.29) is 6.03 Å². The number of carbonyl (C=O) groups is 1. The number of urea groups is 1. The van der Waals surface area contributed by atoms with Gasteiger partial charge in [0.25, 0.3) is 0 Å². The Hall–Kier alpha value is -0.730. The van der Waals surface area contributed by atoms with Crippen LogP contribution in [-0.4, -0.2) is 12.1 Å². The molecular formula is C8H16N2O. The first-order valence-electron chi connectivity index (χ1n) is 4.28. The number of nitrogens with two attached hydrogens (primary N) is 1. The largest absolute Gasteiger partial charge is 0.352 e. The van der Waals surface area contributed by atoms with E-state index in [1.807, 2.05) is 0 Å². The number of rotatable bonds is 2. The lowest BCUT2D eigenvalue weighted by Crippen LogP contribution is -2.37. The molecule has 1 aliphatic carbocycles. The third-order valence-electron chi connectivity index (χ3n) is 2.46. The number of nitrogens with one attached hydrogen (secondary N) is 1. The summed E-state index contributed by atoms with van der Waals surface area (Å²) in [4.78, 5) is 10.5. The van der Waals surface area contributed by atoms with Gasteiger partial charge >= 0.3 is 6.03 Å². The van der Waals surface area contributed by atoms with Gasteiger partial charge in [0, 0.05) is 6.04 Å². The summed E-state index contributed by atoms with van der Waals surface area (Å²) < 4.78 is 0. The maximum absolute atomic E-state index is 10.5. The maximum Gasteiger partial charge on any atom is 0.312 e. The molecule has 1 fully saturated rings. The van der Waals surface area contributed by atoms with Crippen molar-refractivity contribution in [3.05, 3.63) is 0 Å². The molecule has 11 heavy (non-hydrogen) atoms. The van der Waals surface area contributed by atoms with Crippen molar-refractivity contribution in [2.75, 3.05) is 0 Å². The molecule has 0 radical (unpaired) electrons. The van der Waals surface area contributed by atoms with Crippen molar-refractivity contribution in [2.45, 2.75) is 38.6 Å². The Kier molecular flexibility index (Phi) is 2.74. The minimum Gasteiger partial charge on any atom is -0.352 e. The van der Waals surface area contributed by atoms with Crippen molar-refractivity contribution in [2.24, 2.45) is 11.7 Å². The molecule has 3 nitrogen and oxygen atoms in total. The molecule has 0 spiro atoms. The predicted octanol–water partition coefficient (Wildman–Crippen LogP) is 1.23. The van der Waals surface area contributed by atoms with Crippen LogP contribution < -0.4 is 11.1 Å². The van der Waals surface area contributed by atoms with Gasteiger partial charge in [0.2, 0.25) is 0 Å². The van der Waals surface area contributed by atoms with E-state index in [1.54, 1.807) is 0 Å². The number of hydrogen-bond donors (Lipinski definition) is 2. The molecule has 2 unspecified atom stereocenters. The van der Waals surface area contributed by atoms with E-state index in [1.165, 1.54) is 12.8 Å². The SMILES string of the molecule is CCC1CCC(NC(N)=O)C1. The summed E-state index contributed by atoms with van der Waals surface area (Å²) in [5, 5.41) is 2.74. The standard InChI is InChI=1S/C8H16N2O/c1-2-6-3-4-7(5-6)10-8(9)11/h6-7H,2-5H2,1H3,(H3,9,10,11). The highest BCUT2D eigenvalue weighted by Crippen LogP contribution is 2.27. The topological polar surface area (TPSA) is 55.1 Å². The smallest absolute Gasteiger partial charge is 0.312 e. The normalized spacial score (nSPS) is 30.3. The van der Waals surface area contributed by atoms with Crippen molar-refractivity contribution in [3.8, 4) is 0 Å². The summed E-state index contributed by atoms with van der Waals surface area (Å²) in [6.07, 6.45) is 4.67. The Bertz CT molecular complexity index is 147. The first-order chi connectivity index (χ1) is 5.22. The molecule has 2 atom stereocenters. The molecule has 0 aromatic carbocycles. The predicted molar refractivity (Wildman–Crippen MR) is 44.1 cm³/mol. The fourth-order valence-corrected chi connectivity index (χ4v) is 1.78. The summed E-state index contributed by atoms with van der Waals surface area (Å²) in [5.74, 6) is 0.798.